The van der Waals surface area contributed by atoms with Gasteiger partial charge in [-0.3, -0.25) is 24.5 Å². The highest BCUT2D eigenvalue weighted by Crippen LogP contribution is 2.34. The van der Waals surface area contributed by atoms with E-state index in [0.29, 0.717) is 11.1 Å². The first-order valence-electron chi connectivity index (χ1n) is 13.5. The second-order valence-corrected chi connectivity index (χ2v) is 9.81. The fraction of sp³-hybridized carbons (Fsp3) is 0.161. The number of aliphatic hydroxyl groups is 1. The van der Waals surface area contributed by atoms with Crippen molar-refractivity contribution in [3.63, 3.8) is 0 Å². The number of fused-ring (bicyclic) bond motifs is 1. The number of aliphatic hydroxyl groups excluding tert-OH is 1. The molecule has 1 aliphatic heterocycles. The summed E-state index contributed by atoms with van der Waals surface area (Å²) in [5, 5.41) is 13.9. The van der Waals surface area contributed by atoms with Crippen LogP contribution in [0.1, 0.15) is 37.3 Å². The van der Waals surface area contributed by atoms with E-state index in [4.69, 9.17) is 14.2 Å². The zero-order chi connectivity index (χ0) is 30.6. The summed E-state index contributed by atoms with van der Waals surface area (Å²) in [5.41, 5.74) is 0.128. The Balaban J connectivity index is 1.28. The molecule has 0 unspecified atom stereocenters. The Labute approximate surface area is 249 Å². The number of amides is 1. The third-order valence-electron chi connectivity index (χ3n) is 6.92. The van der Waals surface area contributed by atoms with Crippen LogP contribution in [0.5, 0.6) is 0 Å². The normalized spacial score (nSPS) is 19.4. The number of nitrogens with one attached hydrogen (secondary N) is 2. The fourth-order valence-corrected chi connectivity index (χ4v) is 4.75. The van der Waals surface area contributed by atoms with Gasteiger partial charge < -0.3 is 19.3 Å². The highest BCUT2D eigenvalue weighted by molar-refractivity contribution is 6.03. The Bertz CT molecular complexity index is 1860. The van der Waals surface area contributed by atoms with Crippen molar-refractivity contribution in [3.05, 3.63) is 124 Å². The summed E-state index contributed by atoms with van der Waals surface area (Å²) in [7, 11) is 0. The predicted octanol–water partition coefficient (Wildman–Crippen LogP) is 2.71. The average molecular weight is 596 g/mol. The minimum atomic E-state index is -1.50. The maximum Gasteiger partial charge on any atom is 0.338 e. The van der Waals surface area contributed by atoms with Crippen molar-refractivity contribution in [2.75, 3.05) is 11.9 Å². The zero-order valence-corrected chi connectivity index (χ0v) is 22.9. The van der Waals surface area contributed by atoms with Crippen LogP contribution in [0.15, 0.2) is 102 Å². The van der Waals surface area contributed by atoms with Gasteiger partial charge in [0.2, 0.25) is 5.95 Å². The summed E-state index contributed by atoms with van der Waals surface area (Å²) in [5.74, 6) is -2.04. The third kappa shape index (κ3) is 5.82. The molecule has 4 atom stereocenters. The first-order chi connectivity index (χ1) is 21.4. The number of H-pyrrole nitrogens is 1. The average Bonchev–Trinajstić information content (AvgIpc) is 3.61. The quantitative estimate of drug-likeness (QED) is 0.226. The van der Waals surface area contributed by atoms with Crippen molar-refractivity contribution in [3.8, 4) is 0 Å². The SMILES string of the molecule is O=C(Nc1nc2c(ncn2[C@@H]2O[C@@H](COC(=O)c3ccccc3)[C@@H](OC(=O)c3ccccc3)[C@H]2O)c(=O)[nH]1)c1ccccc1. The number of hydrogen-bond acceptors (Lipinski definition) is 10. The van der Waals surface area contributed by atoms with E-state index in [-0.39, 0.29) is 29.3 Å². The maximum absolute atomic E-state index is 13.0. The number of hydrogen-bond donors (Lipinski definition) is 3. The molecule has 0 spiro atoms. The van der Waals surface area contributed by atoms with Crippen molar-refractivity contribution in [1.29, 1.82) is 0 Å². The first-order valence-corrected chi connectivity index (χ1v) is 13.5. The van der Waals surface area contributed by atoms with Gasteiger partial charge in [-0.15, -0.1) is 0 Å². The number of anilines is 1. The van der Waals surface area contributed by atoms with E-state index < -0.39 is 47.9 Å². The van der Waals surface area contributed by atoms with Gasteiger partial charge in [0.15, 0.2) is 23.5 Å². The highest BCUT2D eigenvalue weighted by Gasteiger charge is 2.48. The molecule has 0 saturated carbocycles. The van der Waals surface area contributed by atoms with Gasteiger partial charge in [0, 0.05) is 5.56 Å². The van der Waals surface area contributed by atoms with Crippen LogP contribution in [0.4, 0.5) is 5.95 Å². The molecule has 13 heteroatoms. The lowest BCUT2D eigenvalue weighted by Crippen LogP contribution is -2.38. The van der Waals surface area contributed by atoms with E-state index in [0.717, 1.165) is 0 Å². The van der Waals surface area contributed by atoms with E-state index in [1.165, 1.54) is 10.9 Å². The maximum atomic E-state index is 13.0. The molecule has 6 rings (SSSR count). The molecule has 44 heavy (non-hydrogen) atoms. The number of rotatable bonds is 8. The number of nitrogens with zero attached hydrogens (tertiary/aromatic N) is 3. The smallest absolute Gasteiger partial charge is 0.338 e. The summed E-state index contributed by atoms with van der Waals surface area (Å²) in [4.78, 5) is 62.0. The van der Waals surface area contributed by atoms with Gasteiger partial charge in [-0.1, -0.05) is 54.6 Å². The second kappa shape index (κ2) is 12.3. The van der Waals surface area contributed by atoms with Gasteiger partial charge >= 0.3 is 11.9 Å². The number of carbonyl (C=O) groups is 3. The largest absolute Gasteiger partial charge is 0.459 e. The lowest BCUT2D eigenvalue weighted by atomic mass is 10.1. The number of ether oxygens (including phenoxy) is 3. The van der Waals surface area contributed by atoms with Crippen LogP contribution in [0.3, 0.4) is 0 Å². The molecule has 5 aromatic rings. The van der Waals surface area contributed by atoms with E-state index in [1.54, 1.807) is 91.0 Å². The predicted molar refractivity (Wildman–Crippen MR) is 155 cm³/mol. The minimum Gasteiger partial charge on any atom is -0.459 e. The Morgan fingerprint density at radius 2 is 1.48 bits per heavy atom. The second-order valence-electron chi connectivity index (χ2n) is 9.81. The van der Waals surface area contributed by atoms with Crippen LogP contribution in [-0.4, -0.2) is 67.4 Å². The molecule has 3 aromatic carbocycles. The highest BCUT2D eigenvalue weighted by atomic mass is 16.6. The van der Waals surface area contributed by atoms with E-state index >= 15 is 0 Å². The molecule has 1 saturated heterocycles. The van der Waals surface area contributed by atoms with Crippen LogP contribution in [0.2, 0.25) is 0 Å². The fourth-order valence-electron chi connectivity index (χ4n) is 4.75. The van der Waals surface area contributed by atoms with Crippen LogP contribution >= 0.6 is 0 Å². The number of imidazole rings is 1. The molecule has 0 bridgehead atoms. The van der Waals surface area contributed by atoms with E-state index in [2.05, 4.69) is 20.3 Å². The molecule has 3 N–H and O–H groups in total. The van der Waals surface area contributed by atoms with Gasteiger partial charge in [-0.2, -0.15) is 4.98 Å². The van der Waals surface area contributed by atoms with Crippen molar-refractivity contribution >= 4 is 35.0 Å². The Hall–Kier alpha value is -5.66. The summed E-state index contributed by atoms with van der Waals surface area (Å²) in [6, 6.07) is 24.8. The number of aromatic nitrogens is 4. The van der Waals surface area contributed by atoms with Crippen molar-refractivity contribution in [1.82, 2.24) is 19.5 Å². The van der Waals surface area contributed by atoms with Crippen molar-refractivity contribution in [2.24, 2.45) is 0 Å². The topological polar surface area (TPSA) is 175 Å². The summed E-state index contributed by atoms with van der Waals surface area (Å²) in [6.07, 6.45) is -3.91. The minimum absolute atomic E-state index is 0.0174. The Kier molecular flexibility index (Phi) is 7.95. The number of carbonyl (C=O) groups excluding carboxylic acids is 3. The zero-order valence-electron chi connectivity index (χ0n) is 22.9. The van der Waals surface area contributed by atoms with E-state index in [9.17, 15) is 24.3 Å². The summed E-state index contributed by atoms with van der Waals surface area (Å²) in [6.45, 7) is -0.368. The molecular formula is C31H25N5O8. The standard InChI is InChI=1S/C31H25N5O8/c37-23-24(44-30(41)20-14-8-3-9-15-20)21(16-42-29(40)19-12-6-2-7-13-19)43-28(23)36-17-32-22-25(36)33-31(35-27(22)39)34-26(38)18-10-4-1-5-11-18/h1-15,17,21,23-24,28,37H,16H2,(H2,33,34,35,38,39)/t21-,23+,24+,28+/m0/s1. The summed E-state index contributed by atoms with van der Waals surface area (Å²) >= 11 is 0. The first kappa shape index (κ1) is 28.5. The Morgan fingerprint density at radius 1 is 0.886 bits per heavy atom. The van der Waals surface area contributed by atoms with Crippen LogP contribution in [0, 0.1) is 0 Å². The molecule has 13 nitrogen and oxygen atoms in total. The molecule has 2 aromatic heterocycles. The van der Waals surface area contributed by atoms with Gasteiger partial charge in [-0.05, 0) is 36.4 Å². The van der Waals surface area contributed by atoms with Gasteiger partial charge in [-0.25, -0.2) is 14.6 Å². The van der Waals surface area contributed by atoms with Crippen molar-refractivity contribution < 1.29 is 33.7 Å². The lowest BCUT2D eigenvalue weighted by Gasteiger charge is -2.20. The van der Waals surface area contributed by atoms with Gasteiger partial charge in [0.1, 0.15) is 18.8 Å². The molecule has 0 aliphatic carbocycles. The van der Waals surface area contributed by atoms with Gasteiger partial charge in [0.05, 0.1) is 17.5 Å². The number of benzene rings is 3. The van der Waals surface area contributed by atoms with Crippen LogP contribution in [-0.2, 0) is 14.2 Å². The molecule has 1 amide bonds. The van der Waals surface area contributed by atoms with Gasteiger partial charge in [0.25, 0.3) is 11.5 Å². The number of esters is 2. The molecule has 3 heterocycles. The van der Waals surface area contributed by atoms with Crippen LogP contribution < -0.4 is 10.9 Å². The molecular weight excluding hydrogens is 570 g/mol. The third-order valence-corrected chi connectivity index (χ3v) is 6.92. The monoisotopic (exact) mass is 595 g/mol. The summed E-state index contributed by atoms with van der Waals surface area (Å²) < 4.78 is 18.5. The van der Waals surface area contributed by atoms with Crippen LogP contribution in [0.25, 0.3) is 11.2 Å². The van der Waals surface area contributed by atoms with E-state index in [1.807, 2.05) is 0 Å². The molecule has 1 fully saturated rings. The molecule has 222 valence electrons. The molecule has 0 radical (unpaired) electrons. The van der Waals surface area contributed by atoms with Crippen molar-refractivity contribution in [2.45, 2.75) is 24.5 Å². The lowest BCUT2D eigenvalue weighted by molar-refractivity contribution is -0.0585. The Morgan fingerprint density at radius 3 is 2.11 bits per heavy atom. The molecule has 1 aliphatic rings. The number of aromatic amines is 1.